The molecule has 3 aromatic carbocycles. The number of methoxy groups -OCH3 is 2. The summed E-state index contributed by atoms with van der Waals surface area (Å²) in [6.07, 6.45) is 0. The van der Waals surface area contributed by atoms with E-state index in [-0.39, 0.29) is 23.8 Å². The highest BCUT2D eigenvalue weighted by atomic mass is 32.2. The van der Waals surface area contributed by atoms with Crippen molar-refractivity contribution in [2.24, 2.45) is 0 Å². The standard InChI is InChI=1S/C23H19FN2O5S/c1-29-21-8-6-18(13-19(21)24)32(27,28)26-9-10-31-22-7-5-15(11-20(22)26)16-3-4-17(14-25)23(12-16)30-2/h3-8,11-13H,9-10H2,1-2H3. The molecule has 0 aromatic heterocycles. The van der Waals surface area contributed by atoms with Crippen LogP contribution in [0.4, 0.5) is 10.1 Å². The van der Waals surface area contributed by atoms with Crippen LogP contribution < -0.4 is 18.5 Å². The van der Waals surface area contributed by atoms with Gasteiger partial charge in [-0.2, -0.15) is 5.26 Å². The molecule has 1 aliphatic heterocycles. The number of fused-ring (bicyclic) bond motifs is 1. The molecule has 0 N–H and O–H groups in total. The minimum atomic E-state index is -4.06. The topological polar surface area (TPSA) is 88.9 Å². The molecule has 9 heteroatoms. The molecule has 0 fully saturated rings. The van der Waals surface area contributed by atoms with Crippen molar-refractivity contribution in [3.63, 3.8) is 0 Å². The van der Waals surface area contributed by atoms with E-state index in [0.29, 0.717) is 28.3 Å². The molecule has 1 heterocycles. The summed E-state index contributed by atoms with van der Waals surface area (Å²) in [6, 6.07) is 15.9. The lowest BCUT2D eigenvalue weighted by molar-refractivity contribution is 0.316. The summed E-state index contributed by atoms with van der Waals surface area (Å²) in [7, 11) is -1.27. The first kappa shape index (κ1) is 21.5. The van der Waals surface area contributed by atoms with E-state index in [1.54, 1.807) is 36.4 Å². The normalized spacial score (nSPS) is 13.0. The second-order valence-electron chi connectivity index (χ2n) is 6.93. The second-order valence-corrected chi connectivity index (χ2v) is 8.79. The molecule has 0 radical (unpaired) electrons. The van der Waals surface area contributed by atoms with Gasteiger partial charge in [-0.1, -0.05) is 12.1 Å². The van der Waals surface area contributed by atoms with Gasteiger partial charge in [0, 0.05) is 0 Å². The van der Waals surface area contributed by atoms with E-state index in [4.69, 9.17) is 14.2 Å². The molecule has 32 heavy (non-hydrogen) atoms. The van der Waals surface area contributed by atoms with Crippen molar-refractivity contribution in [3.8, 4) is 34.4 Å². The van der Waals surface area contributed by atoms with Crippen molar-refractivity contribution in [1.82, 2.24) is 0 Å². The Labute approximate surface area is 185 Å². The van der Waals surface area contributed by atoms with Gasteiger partial charge in [0.1, 0.15) is 24.2 Å². The van der Waals surface area contributed by atoms with E-state index in [9.17, 15) is 18.1 Å². The highest BCUT2D eigenvalue weighted by molar-refractivity contribution is 7.92. The molecule has 0 bridgehead atoms. The van der Waals surface area contributed by atoms with Crippen molar-refractivity contribution in [1.29, 1.82) is 5.26 Å². The maximum Gasteiger partial charge on any atom is 0.264 e. The lowest BCUT2D eigenvalue weighted by Crippen LogP contribution is -2.38. The van der Waals surface area contributed by atoms with Gasteiger partial charge in [-0.05, 0) is 53.6 Å². The summed E-state index contributed by atoms with van der Waals surface area (Å²) < 4.78 is 57.9. The number of nitrogens with zero attached hydrogens (tertiary/aromatic N) is 2. The molecule has 164 valence electrons. The van der Waals surface area contributed by atoms with Crippen LogP contribution in [0.1, 0.15) is 5.56 Å². The van der Waals surface area contributed by atoms with Gasteiger partial charge in [0.05, 0.1) is 36.9 Å². The molecule has 0 saturated heterocycles. The first-order valence-corrected chi connectivity index (χ1v) is 11.0. The minimum absolute atomic E-state index is 0.0385. The number of hydrogen-bond donors (Lipinski definition) is 0. The number of nitriles is 1. The van der Waals surface area contributed by atoms with Gasteiger partial charge in [0.15, 0.2) is 11.6 Å². The number of ether oxygens (including phenoxy) is 3. The molecule has 0 aliphatic carbocycles. The Kier molecular flexibility index (Phi) is 5.63. The predicted molar refractivity (Wildman–Crippen MR) is 116 cm³/mol. The number of anilines is 1. The lowest BCUT2D eigenvalue weighted by atomic mass is 10.0. The molecule has 0 unspecified atom stereocenters. The first-order chi connectivity index (χ1) is 15.4. The van der Waals surface area contributed by atoms with Crippen molar-refractivity contribution >= 4 is 15.7 Å². The molecule has 0 atom stereocenters. The van der Waals surface area contributed by atoms with Crippen LogP contribution in [0, 0.1) is 17.1 Å². The molecular weight excluding hydrogens is 435 g/mol. The van der Waals surface area contributed by atoms with Gasteiger partial charge >= 0.3 is 0 Å². The average Bonchev–Trinajstić information content (AvgIpc) is 2.82. The monoisotopic (exact) mass is 454 g/mol. The van der Waals surface area contributed by atoms with Crippen LogP contribution in [0.2, 0.25) is 0 Å². The fourth-order valence-electron chi connectivity index (χ4n) is 3.52. The van der Waals surface area contributed by atoms with Gasteiger partial charge in [-0.25, -0.2) is 12.8 Å². The molecule has 7 nitrogen and oxygen atoms in total. The molecule has 0 amide bonds. The number of benzene rings is 3. The lowest BCUT2D eigenvalue weighted by Gasteiger charge is -2.31. The fraction of sp³-hybridized carbons (Fsp3) is 0.174. The highest BCUT2D eigenvalue weighted by Gasteiger charge is 2.31. The number of sulfonamides is 1. The zero-order valence-electron chi connectivity index (χ0n) is 17.3. The smallest absolute Gasteiger partial charge is 0.264 e. The Balaban J connectivity index is 1.78. The molecular formula is C23H19FN2O5S. The Morgan fingerprint density at radius 1 is 1.00 bits per heavy atom. The minimum Gasteiger partial charge on any atom is -0.495 e. The Hall–Kier alpha value is -3.77. The molecule has 4 rings (SSSR count). The summed E-state index contributed by atoms with van der Waals surface area (Å²) in [5.41, 5.74) is 2.18. The van der Waals surface area contributed by atoms with E-state index in [1.165, 1.54) is 30.7 Å². The average molecular weight is 454 g/mol. The molecule has 0 saturated carbocycles. The predicted octanol–water partition coefficient (Wildman–Crippen LogP) is 3.97. The van der Waals surface area contributed by atoms with E-state index in [0.717, 1.165) is 11.6 Å². The van der Waals surface area contributed by atoms with Crippen LogP contribution in [-0.4, -0.2) is 35.8 Å². The van der Waals surface area contributed by atoms with Crippen LogP contribution in [-0.2, 0) is 10.0 Å². The third kappa shape index (κ3) is 3.69. The van der Waals surface area contributed by atoms with E-state index in [2.05, 4.69) is 6.07 Å². The van der Waals surface area contributed by atoms with Gasteiger partial charge in [0.25, 0.3) is 10.0 Å². The van der Waals surface area contributed by atoms with E-state index < -0.39 is 15.8 Å². The zero-order valence-corrected chi connectivity index (χ0v) is 18.1. The molecule has 1 aliphatic rings. The maximum atomic E-state index is 14.2. The summed E-state index contributed by atoms with van der Waals surface area (Å²) >= 11 is 0. The Morgan fingerprint density at radius 3 is 2.41 bits per heavy atom. The van der Waals surface area contributed by atoms with E-state index in [1.807, 2.05) is 0 Å². The van der Waals surface area contributed by atoms with Crippen LogP contribution in [0.3, 0.4) is 0 Å². The molecule has 3 aromatic rings. The van der Waals surface area contributed by atoms with Crippen LogP contribution >= 0.6 is 0 Å². The van der Waals surface area contributed by atoms with Crippen LogP contribution in [0.25, 0.3) is 11.1 Å². The maximum absolute atomic E-state index is 14.2. The zero-order chi connectivity index (χ0) is 22.9. The van der Waals surface area contributed by atoms with E-state index >= 15 is 0 Å². The Bertz CT molecular complexity index is 1330. The third-order valence-electron chi connectivity index (χ3n) is 5.15. The van der Waals surface area contributed by atoms with Gasteiger partial charge in [-0.3, -0.25) is 4.31 Å². The van der Waals surface area contributed by atoms with Crippen LogP contribution in [0.15, 0.2) is 59.5 Å². The van der Waals surface area contributed by atoms with Gasteiger partial charge < -0.3 is 14.2 Å². The van der Waals surface area contributed by atoms with Crippen molar-refractivity contribution in [2.75, 3.05) is 31.7 Å². The largest absolute Gasteiger partial charge is 0.495 e. The number of hydrogen-bond acceptors (Lipinski definition) is 6. The Morgan fingerprint density at radius 2 is 1.72 bits per heavy atom. The van der Waals surface area contributed by atoms with Crippen LogP contribution in [0.5, 0.6) is 17.2 Å². The summed E-state index contributed by atoms with van der Waals surface area (Å²) in [5.74, 6) is 0.0131. The number of halogens is 1. The van der Waals surface area contributed by atoms with Crippen molar-refractivity contribution in [3.05, 3.63) is 66.0 Å². The fourth-order valence-corrected chi connectivity index (χ4v) is 4.98. The second kappa shape index (κ2) is 8.40. The summed E-state index contributed by atoms with van der Waals surface area (Å²) in [6.45, 7) is 0.234. The quantitative estimate of drug-likeness (QED) is 0.580. The number of rotatable bonds is 5. The summed E-state index contributed by atoms with van der Waals surface area (Å²) in [5, 5.41) is 9.20. The SMILES string of the molecule is COc1ccc(S(=O)(=O)N2CCOc3ccc(-c4ccc(C#N)c(OC)c4)cc32)cc1F. The van der Waals surface area contributed by atoms with Gasteiger partial charge in [-0.15, -0.1) is 0 Å². The molecule has 0 spiro atoms. The summed E-state index contributed by atoms with van der Waals surface area (Å²) in [4.78, 5) is -0.186. The van der Waals surface area contributed by atoms with Crippen molar-refractivity contribution < 1.29 is 27.0 Å². The highest BCUT2D eigenvalue weighted by Crippen LogP contribution is 2.39. The van der Waals surface area contributed by atoms with Crippen molar-refractivity contribution in [2.45, 2.75) is 4.90 Å². The van der Waals surface area contributed by atoms with Gasteiger partial charge in [0.2, 0.25) is 0 Å². The third-order valence-corrected chi connectivity index (χ3v) is 6.96. The first-order valence-electron chi connectivity index (χ1n) is 9.60.